The van der Waals surface area contributed by atoms with Gasteiger partial charge in [0.05, 0.1) is 12.3 Å². The number of likely N-dealkylation sites (N-methyl/N-ethyl adjacent to an activating group) is 1. The zero-order valence-corrected chi connectivity index (χ0v) is 17.3. The first-order valence-corrected chi connectivity index (χ1v) is 10.9. The molecule has 148 valence electrons. The van der Waals surface area contributed by atoms with E-state index in [0.29, 0.717) is 6.04 Å². The van der Waals surface area contributed by atoms with Gasteiger partial charge < -0.3 is 14.5 Å². The van der Waals surface area contributed by atoms with Gasteiger partial charge in [0.15, 0.2) is 5.13 Å². The molecule has 4 heterocycles. The summed E-state index contributed by atoms with van der Waals surface area (Å²) in [5.74, 6) is 1.18. The number of thiazole rings is 1. The largest absolute Gasteiger partial charge is 0.493 e. The Balaban J connectivity index is 1.25. The van der Waals surface area contributed by atoms with E-state index in [9.17, 15) is 4.79 Å². The van der Waals surface area contributed by atoms with Crippen LogP contribution in [0.4, 0.5) is 5.13 Å². The fourth-order valence-electron chi connectivity index (χ4n) is 4.31. The number of ether oxygens (including phenoxy) is 1. The number of amides is 1. The number of carbonyl (C=O) groups is 1. The zero-order valence-electron chi connectivity index (χ0n) is 16.5. The molecule has 1 saturated heterocycles. The van der Waals surface area contributed by atoms with Crippen LogP contribution in [-0.2, 0) is 12.8 Å². The molecule has 6 nitrogen and oxygen atoms in total. The smallest absolute Gasteiger partial charge is 0.265 e. The predicted molar refractivity (Wildman–Crippen MR) is 111 cm³/mol. The second kappa shape index (κ2) is 7.04. The van der Waals surface area contributed by atoms with Crippen molar-refractivity contribution in [2.45, 2.75) is 25.8 Å². The molecule has 0 saturated carbocycles. The Bertz CT molecular complexity index is 904. The fraction of sp³-hybridized carbons (Fsp3) is 0.524. The first-order chi connectivity index (χ1) is 13.6. The van der Waals surface area contributed by atoms with Crippen LogP contribution in [-0.4, -0.2) is 67.1 Å². The maximum Gasteiger partial charge on any atom is 0.265 e. The fourth-order valence-corrected chi connectivity index (χ4v) is 5.47. The Morgan fingerprint density at radius 1 is 1.14 bits per heavy atom. The first kappa shape index (κ1) is 17.9. The van der Waals surface area contributed by atoms with Crippen LogP contribution in [0.5, 0.6) is 5.75 Å². The SMILES string of the molecule is CC(c1ccc2c(c1)OCC2)N1CCN(c2nc3c(s2)C(=O)N(C)CC3)CC1. The first-order valence-electron chi connectivity index (χ1n) is 10.1. The van der Waals surface area contributed by atoms with Crippen molar-refractivity contribution in [1.29, 1.82) is 0 Å². The molecule has 28 heavy (non-hydrogen) atoms. The number of anilines is 1. The summed E-state index contributed by atoms with van der Waals surface area (Å²) in [6, 6.07) is 7.06. The van der Waals surface area contributed by atoms with Crippen molar-refractivity contribution in [3.63, 3.8) is 0 Å². The molecule has 1 aromatic carbocycles. The van der Waals surface area contributed by atoms with Gasteiger partial charge in [0, 0.05) is 58.7 Å². The van der Waals surface area contributed by atoms with Gasteiger partial charge in [-0.05, 0) is 24.1 Å². The van der Waals surface area contributed by atoms with E-state index < -0.39 is 0 Å². The molecule has 0 N–H and O–H groups in total. The predicted octanol–water partition coefficient (Wildman–Crippen LogP) is 2.59. The van der Waals surface area contributed by atoms with E-state index in [1.807, 2.05) is 7.05 Å². The van der Waals surface area contributed by atoms with Gasteiger partial charge in [-0.1, -0.05) is 23.5 Å². The maximum atomic E-state index is 12.4. The molecule has 1 amide bonds. The summed E-state index contributed by atoms with van der Waals surface area (Å²) in [7, 11) is 1.87. The van der Waals surface area contributed by atoms with E-state index in [1.54, 1.807) is 16.2 Å². The second-order valence-corrected chi connectivity index (χ2v) is 8.89. The Kier molecular flexibility index (Phi) is 4.51. The molecule has 5 rings (SSSR count). The van der Waals surface area contributed by atoms with E-state index in [1.165, 1.54) is 11.1 Å². The highest BCUT2D eigenvalue weighted by Gasteiger charge is 2.29. The molecule has 3 aliphatic heterocycles. The number of hydrogen-bond donors (Lipinski definition) is 0. The van der Waals surface area contributed by atoms with Crippen molar-refractivity contribution >= 4 is 22.4 Å². The lowest BCUT2D eigenvalue weighted by atomic mass is 10.0. The number of piperazine rings is 1. The number of fused-ring (bicyclic) bond motifs is 2. The Morgan fingerprint density at radius 2 is 1.96 bits per heavy atom. The zero-order chi connectivity index (χ0) is 19.3. The van der Waals surface area contributed by atoms with Gasteiger partial charge in [0.2, 0.25) is 0 Å². The molecule has 0 spiro atoms. The van der Waals surface area contributed by atoms with Gasteiger partial charge in [0.1, 0.15) is 10.6 Å². The van der Waals surface area contributed by atoms with Crippen LogP contribution in [0.25, 0.3) is 0 Å². The van der Waals surface area contributed by atoms with E-state index in [2.05, 4.69) is 34.9 Å². The van der Waals surface area contributed by atoms with Gasteiger partial charge in [-0.3, -0.25) is 9.69 Å². The van der Waals surface area contributed by atoms with Crippen molar-refractivity contribution in [2.24, 2.45) is 0 Å². The van der Waals surface area contributed by atoms with Crippen LogP contribution in [0.1, 0.15) is 39.5 Å². The standard InChI is InChI=1S/C21H26N4O2S/c1-14(16-4-3-15-6-12-27-18(15)13-16)24-8-10-25(11-9-24)21-22-17-5-7-23(2)20(26)19(17)28-21/h3-4,13-14H,5-12H2,1-2H3. The van der Waals surface area contributed by atoms with E-state index >= 15 is 0 Å². The monoisotopic (exact) mass is 398 g/mol. The summed E-state index contributed by atoms with van der Waals surface area (Å²) in [4.78, 5) is 24.6. The van der Waals surface area contributed by atoms with Gasteiger partial charge in [-0.15, -0.1) is 0 Å². The number of carbonyl (C=O) groups excluding carboxylic acids is 1. The summed E-state index contributed by atoms with van der Waals surface area (Å²) >= 11 is 1.56. The normalized spacial score (nSPS) is 20.7. The minimum atomic E-state index is 0.121. The molecule has 0 radical (unpaired) electrons. The molecule has 0 bridgehead atoms. The average Bonchev–Trinajstić information content (AvgIpc) is 3.37. The quantitative estimate of drug-likeness (QED) is 0.795. The van der Waals surface area contributed by atoms with Crippen molar-refractivity contribution in [2.75, 3.05) is 51.3 Å². The summed E-state index contributed by atoms with van der Waals surface area (Å²) in [5, 5.41) is 1.01. The molecular weight excluding hydrogens is 372 g/mol. The van der Waals surface area contributed by atoms with Gasteiger partial charge >= 0.3 is 0 Å². The average molecular weight is 399 g/mol. The molecule has 1 aromatic heterocycles. The number of benzene rings is 1. The van der Waals surface area contributed by atoms with Crippen LogP contribution in [0.3, 0.4) is 0 Å². The lowest BCUT2D eigenvalue weighted by Crippen LogP contribution is -2.47. The summed E-state index contributed by atoms with van der Waals surface area (Å²) in [5.41, 5.74) is 3.64. The lowest BCUT2D eigenvalue weighted by Gasteiger charge is -2.38. The summed E-state index contributed by atoms with van der Waals surface area (Å²) < 4.78 is 5.74. The number of aromatic nitrogens is 1. The molecule has 1 unspecified atom stereocenters. The molecule has 3 aliphatic rings. The van der Waals surface area contributed by atoms with Crippen molar-refractivity contribution < 1.29 is 9.53 Å². The second-order valence-electron chi connectivity index (χ2n) is 7.91. The maximum absolute atomic E-state index is 12.4. The minimum absolute atomic E-state index is 0.121. The number of hydrogen-bond acceptors (Lipinski definition) is 6. The molecule has 1 atom stereocenters. The van der Waals surface area contributed by atoms with Crippen LogP contribution in [0.15, 0.2) is 18.2 Å². The van der Waals surface area contributed by atoms with E-state index in [0.717, 1.165) is 73.6 Å². The van der Waals surface area contributed by atoms with E-state index in [4.69, 9.17) is 9.72 Å². The van der Waals surface area contributed by atoms with Crippen molar-refractivity contribution in [3.05, 3.63) is 39.9 Å². The molecule has 1 fully saturated rings. The third-order valence-electron chi connectivity index (χ3n) is 6.25. The molecular formula is C21H26N4O2S. The van der Waals surface area contributed by atoms with Crippen LogP contribution in [0, 0.1) is 0 Å². The Morgan fingerprint density at radius 3 is 2.79 bits per heavy atom. The highest BCUT2D eigenvalue weighted by atomic mass is 32.1. The molecule has 0 aliphatic carbocycles. The van der Waals surface area contributed by atoms with Crippen molar-refractivity contribution in [3.8, 4) is 5.75 Å². The third kappa shape index (κ3) is 3.06. The topological polar surface area (TPSA) is 48.9 Å². The molecule has 7 heteroatoms. The molecule has 2 aromatic rings. The Labute approximate surface area is 169 Å². The third-order valence-corrected chi connectivity index (χ3v) is 7.39. The highest BCUT2D eigenvalue weighted by Crippen LogP contribution is 2.33. The number of nitrogens with zero attached hydrogens (tertiary/aromatic N) is 4. The minimum Gasteiger partial charge on any atom is -0.493 e. The van der Waals surface area contributed by atoms with E-state index in [-0.39, 0.29) is 5.91 Å². The summed E-state index contributed by atoms with van der Waals surface area (Å²) in [6.45, 7) is 7.74. The van der Waals surface area contributed by atoms with Crippen LogP contribution >= 0.6 is 11.3 Å². The summed E-state index contributed by atoms with van der Waals surface area (Å²) in [6.07, 6.45) is 1.89. The van der Waals surface area contributed by atoms with Gasteiger partial charge in [0.25, 0.3) is 5.91 Å². The lowest BCUT2D eigenvalue weighted by molar-refractivity contribution is 0.0785. The van der Waals surface area contributed by atoms with Crippen molar-refractivity contribution in [1.82, 2.24) is 14.8 Å². The van der Waals surface area contributed by atoms with Crippen LogP contribution < -0.4 is 9.64 Å². The number of rotatable bonds is 3. The Hall–Kier alpha value is -2.12. The van der Waals surface area contributed by atoms with Gasteiger partial charge in [-0.2, -0.15) is 0 Å². The van der Waals surface area contributed by atoms with Crippen LogP contribution in [0.2, 0.25) is 0 Å². The van der Waals surface area contributed by atoms with Gasteiger partial charge in [-0.25, -0.2) is 4.98 Å². The highest BCUT2D eigenvalue weighted by molar-refractivity contribution is 7.17.